The van der Waals surface area contributed by atoms with Crippen molar-refractivity contribution in [1.29, 1.82) is 0 Å². The summed E-state index contributed by atoms with van der Waals surface area (Å²) in [5.41, 5.74) is 1.32. The van der Waals surface area contributed by atoms with Gasteiger partial charge in [0.2, 0.25) is 24.2 Å². The number of benzene rings is 2. The molecule has 9 nitrogen and oxygen atoms in total. The van der Waals surface area contributed by atoms with Crippen LogP contribution < -0.4 is 33.5 Å². The lowest BCUT2D eigenvalue weighted by atomic mass is 9.89. The fraction of sp³-hybridized carbons (Fsp3) is 0.304. The summed E-state index contributed by atoms with van der Waals surface area (Å²) in [6.45, 7) is 0.0443. The molecule has 2 aliphatic heterocycles. The van der Waals surface area contributed by atoms with Gasteiger partial charge in [-0.15, -0.1) is 0 Å². The molecule has 3 aromatic rings. The number of carbonyl (C=O) groups is 1. The van der Waals surface area contributed by atoms with Crippen molar-refractivity contribution in [1.82, 2.24) is 4.57 Å². The first-order chi connectivity index (χ1) is 16.0. The van der Waals surface area contributed by atoms with Gasteiger partial charge in [-0.25, -0.2) is 0 Å². The van der Waals surface area contributed by atoms with E-state index in [0.29, 0.717) is 45.8 Å². The number of ether oxygens (including phenoxy) is 5. The number of nitrogens with zero attached hydrogens (tertiary/aromatic N) is 2. The van der Waals surface area contributed by atoms with Gasteiger partial charge in [-0.3, -0.25) is 19.1 Å². The molecule has 0 fully saturated rings. The van der Waals surface area contributed by atoms with Gasteiger partial charge in [-0.2, -0.15) is 0 Å². The molecule has 0 saturated carbocycles. The normalized spacial score (nSPS) is 16.5. The number of anilines is 2. The third-order valence-electron chi connectivity index (χ3n) is 5.87. The Balaban J connectivity index is 1.71. The molecular formula is C23H22N2O7S. The molecule has 172 valence electrons. The van der Waals surface area contributed by atoms with Gasteiger partial charge in [0.05, 0.1) is 31.9 Å². The summed E-state index contributed by atoms with van der Waals surface area (Å²) in [6.07, 6.45) is 0.128. The Morgan fingerprint density at radius 1 is 1.03 bits per heavy atom. The van der Waals surface area contributed by atoms with Crippen LogP contribution in [0.3, 0.4) is 0 Å². The zero-order chi connectivity index (χ0) is 23.3. The quantitative estimate of drug-likeness (QED) is 0.565. The summed E-state index contributed by atoms with van der Waals surface area (Å²) in [6, 6.07) is 8.99. The highest BCUT2D eigenvalue weighted by atomic mass is 32.1. The van der Waals surface area contributed by atoms with Crippen LogP contribution in [0, 0.1) is 0 Å². The SMILES string of the molecule is COc1cccc(N2C(=O)C[C@H](c3cc(OC)c4c(c3OC)OCO4)c3sc(=O)n(C)c32)c1. The van der Waals surface area contributed by atoms with E-state index < -0.39 is 5.92 Å². The molecule has 0 radical (unpaired) electrons. The number of carbonyl (C=O) groups excluding carboxylic acids is 1. The molecule has 0 bridgehead atoms. The summed E-state index contributed by atoms with van der Waals surface area (Å²) in [4.78, 5) is 28.5. The highest BCUT2D eigenvalue weighted by molar-refractivity contribution is 7.10. The van der Waals surface area contributed by atoms with Crippen molar-refractivity contribution < 1.29 is 28.5 Å². The molecule has 1 atom stereocenters. The van der Waals surface area contributed by atoms with Crippen LogP contribution in [0.2, 0.25) is 0 Å². The number of thiazole rings is 1. The van der Waals surface area contributed by atoms with E-state index in [4.69, 9.17) is 23.7 Å². The Labute approximate surface area is 193 Å². The molecule has 10 heteroatoms. The number of methoxy groups -OCH3 is 3. The van der Waals surface area contributed by atoms with E-state index in [-0.39, 0.29) is 24.0 Å². The van der Waals surface area contributed by atoms with Crippen molar-refractivity contribution >= 4 is 28.7 Å². The lowest BCUT2D eigenvalue weighted by Crippen LogP contribution is -2.34. The third kappa shape index (κ3) is 3.20. The van der Waals surface area contributed by atoms with Gasteiger partial charge < -0.3 is 23.7 Å². The maximum atomic E-state index is 13.5. The zero-order valence-corrected chi connectivity index (χ0v) is 19.4. The van der Waals surface area contributed by atoms with Crippen LogP contribution in [0.4, 0.5) is 11.5 Å². The number of hydrogen-bond donors (Lipinski definition) is 0. The Hall–Kier alpha value is -3.66. The van der Waals surface area contributed by atoms with Crippen LogP contribution in [0.1, 0.15) is 22.8 Å². The van der Waals surface area contributed by atoms with Gasteiger partial charge >= 0.3 is 4.87 Å². The minimum atomic E-state index is -0.424. The van der Waals surface area contributed by atoms with Crippen LogP contribution in [-0.2, 0) is 11.8 Å². The van der Waals surface area contributed by atoms with E-state index in [2.05, 4.69) is 0 Å². The molecule has 33 heavy (non-hydrogen) atoms. The summed E-state index contributed by atoms with van der Waals surface area (Å²) in [5, 5.41) is 0. The van der Waals surface area contributed by atoms with E-state index in [1.54, 1.807) is 37.3 Å². The molecule has 3 heterocycles. The molecule has 2 aliphatic rings. The zero-order valence-electron chi connectivity index (χ0n) is 18.5. The maximum absolute atomic E-state index is 13.5. The van der Waals surface area contributed by atoms with Gasteiger partial charge in [-0.05, 0) is 18.2 Å². The highest BCUT2D eigenvalue weighted by Crippen LogP contribution is 2.55. The Bertz CT molecular complexity index is 1310. The van der Waals surface area contributed by atoms with Gasteiger partial charge in [0, 0.05) is 31.0 Å². The monoisotopic (exact) mass is 470 g/mol. The minimum absolute atomic E-state index is 0.0443. The Morgan fingerprint density at radius 2 is 1.82 bits per heavy atom. The first-order valence-corrected chi connectivity index (χ1v) is 11.0. The van der Waals surface area contributed by atoms with Gasteiger partial charge in [0.25, 0.3) is 0 Å². The minimum Gasteiger partial charge on any atom is -0.497 e. The topological polar surface area (TPSA) is 88.5 Å². The highest BCUT2D eigenvalue weighted by Gasteiger charge is 2.40. The second-order valence-corrected chi connectivity index (χ2v) is 8.56. The van der Waals surface area contributed by atoms with E-state index in [1.807, 2.05) is 12.1 Å². The van der Waals surface area contributed by atoms with Crippen molar-refractivity contribution in [3.63, 3.8) is 0 Å². The second kappa shape index (κ2) is 8.04. The smallest absolute Gasteiger partial charge is 0.308 e. The van der Waals surface area contributed by atoms with Crippen molar-refractivity contribution in [2.75, 3.05) is 33.0 Å². The molecule has 0 unspecified atom stereocenters. The van der Waals surface area contributed by atoms with Crippen LogP contribution >= 0.6 is 11.3 Å². The second-order valence-electron chi connectivity index (χ2n) is 7.57. The standard InChI is InChI=1S/C23H22N2O7S/c1-24-22-21(33-23(24)27)15(10-17(26)25(22)12-6-5-7-13(8-12)28-2)14-9-16(29-3)19-20(18(14)30-4)32-11-31-19/h5-9,15H,10-11H2,1-4H3/t15-/m1/s1. The van der Waals surface area contributed by atoms with Crippen molar-refractivity contribution in [2.24, 2.45) is 7.05 Å². The number of aromatic nitrogens is 1. The number of amides is 1. The van der Waals surface area contributed by atoms with E-state index in [0.717, 1.165) is 16.2 Å². The van der Waals surface area contributed by atoms with Crippen LogP contribution in [0.15, 0.2) is 35.1 Å². The summed E-state index contributed by atoms with van der Waals surface area (Å²) in [5.74, 6) is 2.39. The number of fused-ring (bicyclic) bond motifs is 2. The summed E-state index contributed by atoms with van der Waals surface area (Å²) >= 11 is 1.11. The van der Waals surface area contributed by atoms with E-state index >= 15 is 0 Å². The van der Waals surface area contributed by atoms with Gasteiger partial charge in [-0.1, -0.05) is 17.4 Å². The molecule has 0 aliphatic carbocycles. The average Bonchev–Trinajstić information content (AvgIpc) is 3.43. The molecule has 0 N–H and O–H groups in total. The predicted octanol–water partition coefficient (Wildman–Crippen LogP) is 3.40. The van der Waals surface area contributed by atoms with Crippen LogP contribution in [0.25, 0.3) is 0 Å². The predicted molar refractivity (Wildman–Crippen MR) is 122 cm³/mol. The van der Waals surface area contributed by atoms with Crippen molar-refractivity contribution in [3.05, 3.63) is 50.4 Å². The Morgan fingerprint density at radius 3 is 2.55 bits per heavy atom. The molecule has 0 spiro atoms. The lowest BCUT2D eigenvalue weighted by Gasteiger charge is -2.33. The number of hydrogen-bond acceptors (Lipinski definition) is 8. The molecule has 0 saturated heterocycles. The number of rotatable bonds is 5. The van der Waals surface area contributed by atoms with E-state index in [9.17, 15) is 9.59 Å². The fourth-order valence-electron chi connectivity index (χ4n) is 4.35. The van der Waals surface area contributed by atoms with Crippen LogP contribution in [0.5, 0.6) is 28.7 Å². The first-order valence-electron chi connectivity index (χ1n) is 10.2. The van der Waals surface area contributed by atoms with E-state index in [1.165, 1.54) is 18.8 Å². The molecule has 1 amide bonds. The summed E-state index contributed by atoms with van der Waals surface area (Å²) in [7, 11) is 6.31. The Kier molecular flexibility index (Phi) is 5.16. The van der Waals surface area contributed by atoms with Crippen molar-refractivity contribution in [3.8, 4) is 28.7 Å². The molecule has 2 aromatic carbocycles. The molecular weight excluding hydrogens is 448 g/mol. The van der Waals surface area contributed by atoms with Crippen molar-refractivity contribution in [2.45, 2.75) is 12.3 Å². The van der Waals surface area contributed by atoms with Crippen LogP contribution in [-0.4, -0.2) is 38.6 Å². The first kappa shape index (κ1) is 21.2. The molecule has 5 rings (SSSR count). The van der Waals surface area contributed by atoms with Gasteiger partial charge in [0.15, 0.2) is 11.5 Å². The third-order valence-corrected chi connectivity index (χ3v) is 7.00. The lowest BCUT2D eigenvalue weighted by molar-refractivity contribution is -0.118. The molecule has 1 aromatic heterocycles. The average molecular weight is 471 g/mol. The fourth-order valence-corrected chi connectivity index (χ4v) is 5.43. The summed E-state index contributed by atoms with van der Waals surface area (Å²) < 4.78 is 29.2. The maximum Gasteiger partial charge on any atom is 0.308 e. The largest absolute Gasteiger partial charge is 0.497 e. The van der Waals surface area contributed by atoms with Gasteiger partial charge in [0.1, 0.15) is 11.6 Å².